The fourth-order valence-corrected chi connectivity index (χ4v) is 4.50. The molecule has 1 aromatic heterocycles. The number of piperidine rings is 1. The molecule has 30 heavy (non-hydrogen) atoms. The summed E-state index contributed by atoms with van der Waals surface area (Å²) in [6.07, 6.45) is 2.86. The van der Waals surface area contributed by atoms with Crippen LogP contribution in [-0.4, -0.2) is 40.4 Å². The van der Waals surface area contributed by atoms with E-state index in [1.807, 2.05) is 13.8 Å². The van der Waals surface area contributed by atoms with Gasteiger partial charge in [-0.1, -0.05) is 19.1 Å². The Balaban J connectivity index is 1.55. The Morgan fingerprint density at radius 2 is 1.97 bits per heavy atom. The number of benzene rings is 1. The van der Waals surface area contributed by atoms with E-state index in [1.54, 1.807) is 17.0 Å². The van der Waals surface area contributed by atoms with E-state index >= 15 is 0 Å². The highest BCUT2D eigenvalue weighted by Gasteiger charge is 2.36. The number of anilines is 1. The molecule has 0 spiro atoms. The molecule has 0 aliphatic carbocycles. The number of rotatable bonds is 3. The molecule has 3 heterocycles. The van der Waals surface area contributed by atoms with E-state index in [1.165, 1.54) is 18.6 Å². The fraction of sp³-hybridized carbons (Fsp3) is 0.522. The number of aromatic nitrogens is 2. The Hall–Kier alpha value is -2.70. The largest absolute Gasteiger partial charge is 0.342 e. The van der Waals surface area contributed by atoms with E-state index in [-0.39, 0.29) is 23.8 Å². The van der Waals surface area contributed by atoms with Crippen LogP contribution in [0.2, 0.25) is 0 Å². The van der Waals surface area contributed by atoms with Gasteiger partial charge in [-0.25, -0.2) is 9.37 Å². The highest BCUT2D eigenvalue weighted by atomic mass is 19.1. The summed E-state index contributed by atoms with van der Waals surface area (Å²) in [5.74, 6) is 0.831. The van der Waals surface area contributed by atoms with Crippen molar-refractivity contribution in [1.29, 1.82) is 0 Å². The van der Waals surface area contributed by atoms with Gasteiger partial charge in [0.1, 0.15) is 5.82 Å². The number of aromatic amines is 1. The summed E-state index contributed by atoms with van der Waals surface area (Å²) < 4.78 is 13.3. The van der Waals surface area contributed by atoms with Crippen molar-refractivity contribution in [3.63, 3.8) is 0 Å². The molecule has 2 aliphatic rings. The smallest absolute Gasteiger partial charge is 0.257 e. The van der Waals surface area contributed by atoms with Crippen LogP contribution in [0.1, 0.15) is 50.4 Å². The zero-order chi connectivity index (χ0) is 21.5. The minimum Gasteiger partial charge on any atom is -0.342 e. The average Bonchev–Trinajstić information content (AvgIpc) is 2.73. The highest BCUT2D eigenvalue weighted by molar-refractivity contribution is 5.87. The predicted molar refractivity (Wildman–Crippen MR) is 114 cm³/mol. The summed E-state index contributed by atoms with van der Waals surface area (Å²) in [6, 6.07) is 6.03. The molecule has 1 N–H and O–H groups in total. The molecule has 7 heteroatoms. The number of fused-ring (bicyclic) bond motifs is 1. The highest BCUT2D eigenvalue weighted by Crippen LogP contribution is 2.29. The van der Waals surface area contributed by atoms with Crippen LogP contribution in [0.3, 0.4) is 0 Å². The van der Waals surface area contributed by atoms with Crippen LogP contribution in [0.15, 0.2) is 29.1 Å². The van der Waals surface area contributed by atoms with Gasteiger partial charge in [0.15, 0.2) is 0 Å². The van der Waals surface area contributed by atoms with Gasteiger partial charge in [0.05, 0.1) is 23.2 Å². The molecular weight excluding hydrogens is 383 g/mol. The molecular formula is C23H29FN4O2. The lowest BCUT2D eigenvalue weighted by Gasteiger charge is -2.36. The minimum atomic E-state index is -0.810. The van der Waals surface area contributed by atoms with Gasteiger partial charge in [-0.05, 0) is 50.3 Å². The first kappa shape index (κ1) is 20.6. The van der Waals surface area contributed by atoms with Crippen molar-refractivity contribution in [1.82, 2.24) is 14.9 Å². The number of H-pyrrole nitrogens is 1. The van der Waals surface area contributed by atoms with Crippen LogP contribution >= 0.6 is 0 Å². The Morgan fingerprint density at radius 1 is 1.23 bits per heavy atom. The van der Waals surface area contributed by atoms with Crippen molar-refractivity contribution >= 4 is 11.9 Å². The number of hydrogen-bond acceptors (Lipinski definition) is 4. The Kier molecular flexibility index (Phi) is 5.38. The lowest BCUT2D eigenvalue weighted by atomic mass is 9.82. The first-order valence-electron chi connectivity index (χ1n) is 10.7. The number of nitrogens with one attached hydrogen (secondary N) is 1. The molecule has 1 unspecified atom stereocenters. The van der Waals surface area contributed by atoms with Crippen molar-refractivity contribution in [2.75, 3.05) is 24.5 Å². The minimum absolute atomic E-state index is 0.0758. The molecule has 0 radical (unpaired) electrons. The number of halogens is 1. The van der Waals surface area contributed by atoms with Gasteiger partial charge in [-0.15, -0.1) is 0 Å². The van der Waals surface area contributed by atoms with Crippen LogP contribution in [0.5, 0.6) is 0 Å². The van der Waals surface area contributed by atoms with Crippen molar-refractivity contribution in [3.8, 4) is 0 Å². The van der Waals surface area contributed by atoms with Gasteiger partial charge < -0.3 is 9.80 Å². The standard InChI is InChI=1S/C23H29FN4O2/c1-15-5-4-11-28(13-15)22-25-19-10-12-27(14-18(19)20(29)26-22)21(30)23(2,3)16-6-8-17(24)9-7-16/h6-9,15H,4-5,10-14H2,1-3H3,(H,25,26,29). The third kappa shape index (κ3) is 3.85. The van der Waals surface area contributed by atoms with Crippen LogP contribution in [0.25, 0.3) is 0 Å². The predicted octanol–water partition coefficient (Wildman–Crippen LogP) is 3.01. The van der Waals surface area contributed by atoms with E-state index < -0.39 is 5.41 Å². The van der Waals surface area contributed by atoms with Gasteiger partial charge >= 0.3 is 0 Å². The lowest BCUT2D eigenvalue weighted by molar-refractivity contribution is -0.137. The topological polar surface area (TPSA) is 69.3 Å². The Morgan fingerprint density at radius 3 is 2.67 bits per heavy atom. The quantitative estimate of drug-likeness (QED) is 0.842. The monoisotopic (exact) mass is 412 g/mol. The van der Waals surface area contributed by atoms with Gasteiger partial charge in [-0.3, -0.25) is 14.6 Å². The van der Waals surface area contributed by atoms with E-state index in [0.717, 1.165) is 30.8 Å². The van der Waals surface area contributed by atoms with E-state index in [9.17, 15) is 14.0 Å². The second kappa shape index (κ2) is 7.85. The molecule has 1 fully saturated rings. The maximum absolute atomic E-state index is 13.3. The van der Waals surface area contributed by atoms with Crippen molar-refractivity contribution in [3.05, 3.63) is 57.3 Å². The number of nitrogens with zero attached hydrogens (tertiary/aromatic N) is 3. The van der Waals surface area contributed by atoms with E-state index in [2.05, 4.69) is 16.8 Å². The summed E-state index contributed by atoms with van der Waals surface area (Å²) in [5, 5.41) is 0. The molecule has 1 amide bonds. The van der Waals surface area contributed by atoms with Gasteiger partial charge in [0.2, 0.25) is 11.9 Å². The summed E-state index contributed by atoms with van der Waals surface area (Å²) >= 11 is 0. The van der Waals surface area contributed by atoms with Crippen molar-refractivity contribution < 1.29 is 9.18 Å². The zero-order valence-electron chi connectivity index (χ0n) is 17.9. The average molecular weight is 413 g/mol. The van der Waals surface area contributed by atoms with Crippen LogP contribution < -0.4 is 10.5 Å². The van der Waals surface area contributed by atoms with Gasteiger partial charge in [-0.2, -0.15) is 0 Å². The first-order valence-corrected chi connectivity index (χ1v) is 10.7. The maximum Gasteiger partial charge on any atom is 0.257 e. The fourth-order valence-electron chi connectivity index (χ4n) is 4.50. The molecule has 0 bridgehead atoms. The Bertz CT molecular complexity index is 999. The molecule has 2 aliphatic heterocycles. The van der Waals surface area contributed by atoms with Crippen molar-refractivity contribution in [2.45, 2.75) is 52.0 Å². The Labute approximate surface area is 176 Å². The number of carbonyl (C=O) groups excluding carboxylic acids is 1. The SMILES string of the molecule is CC1CCCN(c2nc3c(c(=O)[nH]2)CN(C(=O)C(C)(C)c2ccc(F)cc2)CC3)C1. The molecule has 1 saturated heterocycles. The summed E-state index contributed by atoms with van der Waals surface area (Å²) in [7, 11) is 0. The molecule has 160 valence electrons. The summed E-state index contributed by atoms with van der Waals surface area (Å²) in [4.78, 5) is 37.7. The second-order valence-corrected chi connectivity index (χ2v) is 9.12. The third-order valence-corrected chi connectivity index (χ3v) is 6.40. The molecule has 1 atom stereocenters. The van der Waals surface area contributed by atoms with E-state index in [4.69, 9.17) is 4.98 Å². The van der Waals surface area contributed by atoms with Crippen LogP contribution in [0.4, 0.5) is 10.3 Å². The molecule has 6 nitrogen and oxygen atoms in total. The molecule has 4 rings (SSSR count). The number of hydrogen-bond donors (Lipinski definition) is 1. The molecule has 2 aromatic rings. The zero-order valence-corrected chi connectivity index (χ0v) is 17.9. The normalized spacial score (nSPS) is 19.5. The van der Waals surface area contributed by atoms with Gasteiger partial charge in [0, 0.05) is 26.1 Å². The summed E-state index contributed by atoms with van der Waals surface area (Å²) in [5.41, 5.74) is 1.13. The second-order valence-electron chi connectivity index (χ2n) is 9.12. The van der Waals surface area contributed by atoms with Gasteiger partial charge in [0.25, 0.3) is 5.56 Å². The first-order chi connectivity index (χ1) is 14.3. The van der Waals surface area contributed by atoms with Crippen LogP contribution in [0, 0.1) is 11.7 Å². The van der Waals surface area contributed by atoms with Crippen molar-refractivity contribution in [2.24, 2.45) is 5.92 Å². The molecule has 1 aromatic carbocycles. The lowest BCUT2D eigenvalue weighted by Crippen LogP contribution is -2.47. The summed E-state index contributed by atoms with van der Waals surface area (Å²) in [6.45, 7) is 8.46. The number of carbonyl (C=O) groups is 1. The number of amides is 1. The van der Waals surface area contributed by atoms with E-state index in [0.29, 0.717) is 30.4 Å². The third-order valence-electron chi connectivity index (χ3n) is 6.40. The van der Waals surface area contributed by atoms with Crippen LogP contribution in [-0.2, 0) is 23.2 Å². The molecule has 0 saturated carbocycles. The maximum atomic E-state index is 13.3.